The van der Waals surface area contributed by atoms with Crippen LogP contribution in [0.2, 0.25) is 10.2 Å². The average molecular weight is 301 g/mol. The first-order valence-electron chi connectivity index (χ1n) is 4.87. The van der Waals surface area contributed by atoms with E-state index in [1.54, 1.807) is 0 Å². The van der Waals surface area contributed by atoms with E-state index in [9.17, 15) is 10.1 Å². The molecule has 0 fully saturated rings. The van der Waals surface area contributed by atoms with Crippen molar-refractivity contribution in [3.8, 4) is 11.6 Å². The van der Waals surface area contributed by atoms with Crippen molar-refractivity contribution in [1.29, 1.82) is 0 Å². The number of hydrogen-bond donors (Lipinski definition) is 1. The third-order valence-electron chi connectivity index (χ3n) is 2.03. The van der Waals surface area contributed by atoms with Gasteiger partial charge in [0.2, 0.25) is 11.8 Å². The van der Waals surface area contributed by atoms with E-state index in [1.165, 1.54) is 24.3 Å². The lowest BCUT2D eigenvalue weighted by Crippen LogP contribution is -1.97. The van der Waals surface area contributed by atoms with Crippen LogP contribution in [0.25, 0.3) is 0 Å². The van der Waals surface area contributed by atoms with Crippen molar-refractivity contribution < 1.29 is 9.66 Å². The molecule has 1 aromatic heterocycles. The fraction of sp³-hybridized carbons (Fsp3) is 0. The SMILES string of the molecule is Nc1nc(Cl)cc(Oc2ccc([N+](=O)[O-])c(Cl)c2)n1. The van der Waals surface area contributed by atoms with E-state index in [0.29, 0.717) is 0 Å². The van der Waals surface area contributed by atoms with Gasteiger partial charge in [-0.25, -0.2) is 4.98 Å². The lowest BCUT2D eigenvalue weighted by molar-refractivity contribution is -0.384. The molecule has 2 N–H and O–H groups in total. The van der Waals surface area contributed by atoms with Gasteiger partial charge >= 0.3 is 0 Å². The van der Waals surface area contributed by atoms with Crippen LogP contribution in [0.4, 0.5) is 11.6 Å². The molecule has 2 rings (SSSR count). The maximum absolute atomic E-state index is 10.6. The van der Waals surface area contributed by atoms with E-state index in [4.69, 9.17) is 33.7 Å². The number of ether oxygens (including phenoxy) is 1. The molecular formula is C10H6Cl2N4O3. The van der Waals surface area contributed by atoms with E-state index < -0.39 is 4.92 Å². The number of aromatic nitrogens is 2. The summed E-state index contributed by atoms with van der Waals surface area (Å²) in [6.07, 6.45) is 0. The number of anilines is 1. The van der Waals surface area contributed by atoms with E-state index in [1.807, 2.05) is 0 Å². The molecule has 0 unspecified atom stereocenters. The van der Waals surface area contributed by atoms with Gasteiger partial charge in [-0.3, -0.25) is 10.1 Å². The molecule has 0 saturated heterocycles. The zero-order valence-electron chi connectivity index (χ0n) is 9.21. The number of nitrogens with two attached hydrogens (primary N) is 1. The number of hydrogen-bond acceptors (Lipinski definition) is 6. The lowest BCUT2D eigenvalue weighted by Gasteiger charge is -2.05. The Morgan fingerprint density at radius 2 is 2.00 bits per heavy atom. The summed E-state index contributed by atoms with van der Waals surface area (Å²) in [5.74, 6) is 0.336. The van der Waals surface area contributed by atoms with Crippen LogP contribution < -0.4 is 10.5 Å². The molecule has 98 valence electrons. The highest BCUT2D eigenvalue weighted by molar-refractivity contribution is 6.32. The van der Waals surface area contributed by atoms with Crippen molar-refractivity contribution in [2.45, 2.75) is 0 Å². The molecule has 0 aliphatic heterocycles. The molecule has 0 saturated carbocycles. The Labute approximate surface area is 117 Å². The molecule has 7 nitrogen and oxygen atoms in total. The normalized spacial score (nSPS) is 10.2. The molecule has 0 aliphatic carbocycles. The Kier molecular flexibility index (Phi) is 3.68. The van der Waals surface area contributed by atoms with Crippen molar-refractivity contribution in [2.24, 2.45) is 0 Å². The Morgan fingerprint density at radius 3 is 2.58 bits per heavy atom. The Morgan fingerprint density at radius 1 is 1.26 bits per heavy atom. The minimum atomic E-state index is -0.592. The molecule has 9 heteroatoms. The highest BCUT2D eigenvalue weighted by Gasteiger charge is 2.13. The Hall–Kier alpha value is -2.12. The smallest absolute Gasteiger partial charge is 0.288 e. The molecule has 0 amide bonds. The average Bonchev–Trinajstić information content (AvgIpc) is 2.26. The predicted octanol–water partition coefficient (Wildman–Crippen LogP) is 3.07. The van der Waals surface area contributed by atoms with Gasteiger partial charge in [0, 0.05) is 18.2 Å². The second-order valence-electron chi connectivity index (χ2n) is 3.36. The summed E-state index contributed by atoms with van der Waals surface area (Å²) >= 11 is 11.4. The van der Waals surface area contributed by atoms with Gasteiger partial charge in [0.05, 0.1) is 4.92 Å². The fourth-order valence-corrected chi connectivity index (χ4v) is 1.71. The molecule has 19 heavy (non-hydrogen) atoms. The Balaban J connectivity index is 2.28. The molecule has 1 heterocycles. The number of nitro groups is 1. The van der Waals surface area contributed by atoms with E-state index in [2.05, 4.69) is 9.97 Å². The number of rotatable bonds is 3. The number of benzene rings is 1. The van der Waals surface area contributed by atoms with Crippen molar-refractivity contribution in [3.63, 3.8) is 0 Å². The summed E-state index contributed by atoms with van der Waals surface area (Å²) in [6, 6.07) is 5.26. The Bertz CT molecular complexity index is 630. The summed E-state index contributed by atoms with van der Waals surface area (Å²) in [7, 11) is 0. The first kappa shape index (κ1) is 13.3. The summed E-state index contributed by atoms with van der Waals surface area (Å²) in [5, 5.41) is 10.7. The fourth-order valence-electron chi connectivity index (χ4n) is 1.29. The van der Waals surface area contributed by atoms with Gasteiger partial charge in [-0.1, -0.05) is 23.2 Å². The van der Waals surface area contributed by atoms with Crippen LogP contribution in [-0.4, -0.2) is 14.9 Å². The second-order valence-corrected chi connectivity index (χ2v) is 4.15. The summed E-state index contributed by atoms with van der Waals surface area (Å²) in [5.41, 5.74) is 5.19. The first-order valence-corrected chi connectivity index (χ1v) is 5.63. The predicted molar refractivity (Wildman–Crippen MR) is 69.6 cm³/mol. The third-order valence-corrected chi connectivity index (χ3v) is 2.52. The van der Waals surface area contributed by atoms with Crippen molar-refractivity contribution in [3.05, 3.63) is 44.6 Å². The van der Waals surface area contributed by atoms with Gasteiger partial charge in [0.15, 0.2) is 0 Å². The molecule has 0 radical (unpaired) electrons. The molecule has 1 aromatic carbocycles. The van der Waals surface area contributed by atoms with Crippen LogP contribution in [0.3, 0.4) is 0 Å². The number of nitro benzene ring substituents is 1. The number of nitrogen functional groups attached to an aromatic ring is 1. The van der Waals surface area contributed by atoms with Gasteiger partial charge in [-0.2, -0.15) is 4.98 Å². The molecule has 0 spiro atoms. The summed E-state index contributed by atoms with van der Waals surface area (Å²) in [6.45, 7) is 0. The number of nitrogens with zero attached hydrogens (tertiary/aromatic N) is 3. The molecular weight excluding hydrogens is 295 g/mol. The summed E-state index contributed by atoms with van der Waals surface area (Å²) < 4.78 is 5.33. The monoisotopic (exact) mass is 300 g/mol. The zero-order valence-corrected chi connectivity index (χ0v) is 10.7. The quantitative estimate of drug-likeness (QED) is 0.530. The van der Waals surface area contributed by atoms with Crippen molar-refractivity contribution in [1.82, 2.24) is 9.97 Å². The maximum Gasteiger partial charge on any atom is 0.288 e. The van der Waals surface area contributed by atoms with Crippen LogP contribution in [-0.2, 0) is 0 Å². The van der Waals surface area contributed by atoms with E-state index in [-0.39, 0.29) is 33.4 Å². The van der Waals surface area contributed by atoms with Crippen molar-refractivity contribution >= 4 is 34.8 Å². The van der Waals surface area contributed by atoms with Gasteiger partial charge in [0.1, 0.15) is 15.9 Å². The van der Waals surface area contributed by atoms with E-state index in [0.717, 1.165) is 0 Å². The highest BCUT2D eigenvalue weighted by atomic mass is 35.5. The molecule has 0 aliphatic rings. The molecule has 0 bridgehead atoms. The largest absolute Gasteiger partial charge is 0.439 e. The second kappa shape index (κ2) is 5.25. The van der Waals surface area contributed by atoms with Crippen LogP contribution in [0.1, 0.15) is 0 Å². The maximum atomic E-state index is 10.6. The topological polar surface area (TPSA) is 104 Å². The van der Waals surface area contributed by atoms with Gasteiger partial charge < -0.3 is 10.5 Å². The van der Waals surface area contributed by atoms with Crippen LogP contribution in [0.15, 0.2) is 24.3 Å². The minimum Gasteiger partial charge on any atom is -0.439 e. The lowest BCUT2D eigenvalue weighted by atomic mass is 10.3. The van der Waals surface area contributed by atoms with Gasteiger partial charge in [-0.05, 0) is 6.07 Å². The minimum absolute atomic E-state index is 0.0457. The first-order chi connectivity index (χ1) is 8.95. The third kappa shape index (κ3) is 3.21. The number of halogens is 2. The van der Waals surface area contributed by atoms with Crippen LogP contribution in [0.5, 0.6) is 11.6 Å². The zero-order chi connectivity index (χ0) is 14.0. The molecule has 0 atom stereocenters. The molecule has 2 aromatic rings. The highest BCUT2D eigenvalue weighted by Crippen LogP contribution is 2.30. The van der Waals surface area contributed by atoms with Gasteiger partial charge in [-0.15, -0.1) is 0 Å². The van der Waals surface area contributed by atoms with E-state index >= 15 is 0 Å². The standard InChI is InChI=1S/C10H6Cl2N4O3/c11-6-3-5(1-2-7(6)16(17)18)19-9-4-8(12)14-10(13)15-9/h1-4H,(H2,13,14,15). The summed E-state index contributed by atoms with van der Waals surface area (Å²) in [4.78, 5) is 17.5. The van der Waals surface area contributed by atoms with Crippen molar-refractivity contribution in [2.75, 3.05) is 5.73 Å². The van der Waals surface area contributed by atoms with Crippen LogP contribution >= 0.6 is 23.2 Å². The van der Waals surface area contributed by atoms with Crippen LogP contribution in [0, 0.1) is 10.1 Å². The van der Waals surface area contributed by atoms with Gasteiger partial charge in [0.25, 0.3) is 5.69 Å².